The molecule has 1 aromatic heterocycles. The highest BCUT2D eigenvalue weighted by Gasteiger charge is 2.22. The van der Waals surface area contributed by atoms with Gasteiger partial charge in [-0.05, 0) is 19.9 Å². The van der Waals surface area contributed by atoms with Crippen molar-refractivity contribution in [1.82, 2.24) is 9.78 Å². The van der Waals surface area contributed by atoms with E-state index in [9.17, 15) is 4.79 Å². The van der Waals surface area contributed by atoms with Crippen LogP contribution in [0.25, 0.3) is 0 Å². The van der Waals surface area contributed by atoms with Crippen molar-refractivity contribution >= 4 is 5.78 Å². The maximum atomic E-state index is 11.5. The molecule has 0 bridgehead atoms. The highest BCUT2D eigenvalue weighted by atomic mass is 16.1. The molecule has 0 aliphatic carbocycles. The number of Topliss-reactive ketones (excluding diaryl/α,β-unsaturated/α-hetero) is 1. The molecule has 0 saturated carbocycles. The summed E-state index contributed by atoms with van der Waals surface area (Å²) in [6.07, 6.45) is 0. The van der Waals surface area contributed by atoms with Gasteiger partial charge in [0.15, 0.2) is 5.78 Å². The van der Waals surface area contributed by atoms with E-state index in [1.54, 1.807) is 6.92 Å². The van der Waals surface area contributed by atoms with Crippen LogP contribution in [0.1, 0.15) is 63.8 Å². The second-order valence-corrected chi connectivity index (χ2v) is 5.26. The van der Waals surface area contributed by atoms with E-state index in [2.05, 4.69) is 25.9 Å². The number of carbonyl (C=O) groups excluding carboxylic acids is 1. The number of hydrogen-bond donors (Lipinski definition) is 0. The zero-order chi connectivity index (χ0) is 11.8. The van der Waals surface area contributed by atoms with Gasteiger partial charge >= 0.3 is 0 Å². The molecule has 0 aliphatic heterocycles. The molecule has 1 aromatic rings. The lowest BCUT2D eigenvalue weighted by Crippen LogP contribution is -2.14. The molecule has 0 spiro atoms. The van der Waals surface area contributed by atoms with Gasteiger partial charge in [-0.1, -0.05) is 20.8 Å². The summed E-state index contributed by atoms with van der Waals surface area (Å²) in [5.41, 5.74) is 1.67. The molecular formula is C12H20N2O. The second kappa shape index (κ2) is 3.80. The van der Waals surface area contributed by atoms with Crippen LogP contribution in [0.2, 0.25) is 0 Å². The molecule has 0 aromatic carbocycles. The molecule has 3 nitrogen and oxygen atoms in total. The molecule has 0 fully saturated rings. The van der Waals surface area contributed by atoms with Crippen molar-refractivity contribution in [2.75, 3.05) is 0 Å². The summed E-state index contributed by atoms with van der Waals surface area (Å²) in [5, 5.41) is 4.50. The van der Waals surface area contributed by atoms with E-state index in [1.807, 2.05) is 24.6 Å². The normalized spacial score (nSPS) is 12.2. The van der Waals surface area contributed by atoms with Crippen LogP contribution in [-0.4, -0.2) is 15.6 Å². The van der Waals surface area contributed by atoms with Crippen LogP contribution >= 0.6 is 0 Å². The van der Waals surface area contributed by atoms with E-state index in [0.717, 1.165) is 5.69 Å². The maximum Gasteiger partial charge on any atom is 0.177 e. The molecule has 84 valence electrons. The Kier molecular flexibility index (Phi) is 3.03. The third-order valence-electron chi connectivity index (χ3n) is 2.35. The van der Waals surface area contributed by atoms with E-state index in [-0.39, 0.29) is 17.2 Å². The van der Waals surface area contributed by atoms with E-state index in [0.29, 0.717) is 5.69 Å². The van der Waals surface area contributed by atoms with Crippen molar-refractivity contribution in [3.8, 4) is 0 Å². The number of aromatic nitrogens is 2. The van der Waals surface area contributed by atoms with E-state index < -0.39 is 0 Å². The number of hydrogen-bond acceptors (Lipinski definition) is 2. The smallest absolute Gasteiger partial charge is 0.177 e. The quantitative estimate of drug-likeness (QED) is 0.700. The molecular weight excluding hydrogens is 188 g/mol. The Labute approximate surface area is 91.5 Å². The monoisotopic (exact) mass is 208 g/mol. The van der Waals surface area contributed by atoms with Gasteiger partial charge in [-0.15, -0.1) is 0 Å². The van der Waals surface area contributed by atoms with Crippen LogP contribution < -0.4 is 0 Å². The molecule has 3 heteroatoms. The molecule has 0 saturated heterocycles. The van der Waals surface area contributed by atoms with Crippen LogP contribution in [0.3, 0.4) is 0 Å². The Morgan fingerprint density at radius 3 is 2.20 bits per heavy atom. The minimum atomic E-state index is -0.00958. The van der Waals surface area contributed by atoms with E-state index in [1.165, 1.54) is 0 Å². The highest BCUT2D eigenvalue weighted by molar-refractivity contribution is 5.92. The predicted octanol–water partition coefficient (Wildman–Crippen LogP) is 2.96. The van der Waals surface area contributed by atoms with Crippen LogP contribution in [0.4, 0.5) is 0 Å². The first-order valence-corrected chi connectivity index (χ1v) is 5.34. The van der Waals surface area contributed by atoms with Crippen molar-refractivity contribution in [3.05, 3.63) is 17.5 Å². The Morgan fingerprint density at radius 2 is 1.93 bits per heavy atom. The van der Waals surface area contributed by atoms with Gasteiger partial charge in [0, 0.05) is 18.4 Å². The average molecular weight is 208 g/mol. The van der Waals surface area contributed by atoms with Crippen molar-refractivity contribution in [2.24, 2.45) is 0 Å². The summed E-state index contributed by atoms with van der Waals surface area (Å²) in [6, 6.07) is 2.13. The summed E-state index contributed by atoms with van der Waals surface area (Å²) in [6.45, 7) is 12.0. The molecule has 0 radical (unpaired) electrons. The van der Waals surface area contributed by atoms with E-state index in [4.69, 9.17) is 0 Å². The Bertz CT molecular complexity index is 369. The third kappa shape index (κ3) is 2.46. The molecule has 0 unspecified atom stereocenters. The molecule has 0 aliphatic rings. The van der Waals surface area contributed by atoms with Crippen LogP contribution in [0, 0.1) is 0 Å². The van der Waals surface area contributed by atoms with Gasteiger partial charge in [-0.3, -0.25) is 9.48 Å². The summed E-state index contributed by atoms with van der Waals surface area (Å²) >= 11 is 0. The van der Waals surface area contributed by atoms with Crippen molar-refractivity contribution in [3.63, 3.8) is 0 Å². The van der Waals surface area contributed by atoms with Gasteiger partial charge < -0.3 is 0 Å². The topological polar surface area (TPSA) is 34.9 Å². The second-order valence-electron chi connectivity index (χ2n) is 5.26. The maximum absolute atomic E-state index is 11.5. The Balaban J connectivity index is 3.28. The fraction of sp³-hybridized carbons (Fsp3) is 0.667. The van der Waals surface area contributed by atoms with Gasteiger partial charge in [0.05, 0.1) is 5.69 Å². The van der Waals surface area contributed by atoms with Crippen LogP contribution in [0.5, 0.6) is 0 Å². The number of carbonyl (C=O) groups is 1. The average Bonchev–Trinajstić information content (AvgIpc) is 2.45. The first kappa shape index (κ1) is 12.0. The summed E-state index contributed by atoms with van der Waals surface area (Å²) < 4.78 is 1.81. The SMILES string of the molecule is CC(=O)c1cc(C(C)(C)C)nn1C(C)C. The Hall–Kier alpha value is -1.12. The highest BCUT2D eigenvalue weighted by Crippen LogP contribution is 2.23. The van der Waals surface area contributed by atoms with Crippen molar-refractivity contribution < 1.29 is 4.79 Å². The standard InChI is InChI=1S/C12H20N2O/c1-8(2)14-10(9(3)15)7-11(13-14)12(4,5)6/h7-8H,1-6H3. The van der Waals surface area contributed by atoms with Gasteiger partial charge in [-0.25, -0.2) is 0 Å². The summed E-state index contributed by atoms with van der Waals surface area (Å²) in [7, 11) is 0. The minimum Gasteiger partial charge on any atom is -0.293 e. The number of nitrogens with zero attached hydrogens (tertiary/aromatic N) is 2. The summed E-state index contributed by atoms with van der Waals surface area (Å²) in [5.74, 6) is 0.0756. The lowest BCUT2D eigenvalue weighted by molar-refractivity contribution is 0.100. The van der Waals surface area contributed by atoms with Crippen molar-refractivity contribution in [1.29, 1.82) is 0 Å². The molecule has 1 rings (SSSR count). The molecule has 15 heavy (non-hydrogen) atoms. The Morgan fingerprint density at radius 1 is 1.40 bits per heavy atom. The van der Waals surface area contributed by atoms with Gasteiger partial charge in [0.25, 0.3) is 0 Å². The lowest BCUT2D eigenvalue weighted by Gasteiger charge is -2.14. The number of rotatable bonds is 2. The van der Waals surface area contributed by atoms with Gasteiger partial charge in [-0.2, -0.15) is 5.10 Å². The first-order chi connectivity index (χ1) is 6.73. The zero-order valence-corrected chi connectivity index (χ0v) is 10.5. The first-order valence-electron chi connectivity index (χ1n) is 5.34. The molecule has 1 heterocycles. The fourth-order valence-electron chi connectivity index (χ4n) is 1.42. The number of ketones is 1. The zero-order valence-electron chi connectivity index (χ0n) is 10.5. The fourth-order valence-corrected chi connectivity index (χ4v) is 1.42. The lowest BCUT2D eigenvalue weighted by atomic mass is 9.92. The van der Waals surface area contributed by atoms with Gasteiger partial charge in [0.1, 0.15) is 5.69 Å². The van der Waals surface area contributed by atoms with Crippen LogP contribution in [0.15, 0.2) is 6.07 Å². The van der Waals surface area contributed by atoms with E-state index >= 15 is 0 Å². The largest absolute Gasteiger partial charge is 0.293 e. The predicted molar refractivity (Wildman–Crippen MR) is 61.3 cm³/mol. The minimum absolute atomic E-state index is 0.00958. The molecule has 0 amide bonds. The van der Waals surface area contributed by atoms with Gasteiger partial charge in [0.2, 0.25) is 0 Å². The molecule has 0 N–H and O–H groups in total. The van der Waals surface area contributed by atoms with Crippen LogP contribution in [-0.2, 0) is 5.41 Å². The van der Waals surface area contributed by atoms with Crippen molar-refractivity contribution in [2.45, 2.75) is 53.0 Å². The summed E-state index contributed by atoms with van der Waals surface area (Å²) in [4.78, 5) is 11.5. The third-order valence-corrected chi connectivity index (χ3v) is 2.35. The molecule has 0 atom stereocenters.